The van der Waals surface area contributed by atoms with Crippen molar-refractivity contribution < 1.29 is 48.5 Å². The maximum absolute atomic E-state index is 12.0. The zero-order chi connectivity index (χ0) is 50.3. The number of carboxylic acids is 2. The van der Waals surface area contributed by atoms with Crippen LogP contribution in [-0.4, -0.2) is 142 Å². The van der Waals surface area contributed by atoms with Crippen molar-refractivity contribution in [1.29, 1.82) is 0 Å². The number of ether oxygens (including phenoxy) is 2. The minimum atomic E-state index is -1.04. The van der Waals surface area contributed by atoms with Gasteiger partial charge in [-0.2, -0.15) is 0 Å². The fraction of sp³-hybridized carbons (Fsp3) is 0.362. The second-order valence-corrected chi connectivity index (χ2v) is 15.5. The molecular weight excluding hydrogens is 1070 g/mol. The number of hydrogen-bond donors (Lipinski definition) is 7. The van der Waals surface area contributed by atoms with Gasteiger partial charge >= 0.3 is 125 Å². The van der Waals surface area contributed by atoms with Gasteiger partial charge in [-0.15, -0.1) is 0 Å². The van der Waals surface area contributed by atoms with Crippen LogP contribution in [0.5, 0.6) is 11.5 Å². The molecule has 0 bridgehead atoms. The first-order valence-electron chi connectivity index (χ1n) is 20.6. The van der Waals surface area contributed by atoms with E-state index < -0.39 is 46.2 Å². The molecule has 18 heteroatoms. The number of rotatable bonds is 18. The van der Waals surface area contributed by atoms with Gasteiger partial charge in [0, 0.05) is 11.9 Å². The molecule has 0 saturated carbocycles. The van der Waals surface area contributed by atoms with Crippen molar-refractivity contribution in [2.45, 2.75) is 69.7 Å². The molecule has 65 heavy (non-hydrogen) atoms. The van der Waals surface area contributed by atoms with E-state index in [9.17, 15) is 28.8 Å². The summed E-state index contributed by atoms with van der Waals surface area (Å²) in [5.74, 6) is -1.64. The Balaban J connectivity index is -0.000000388. The van der Waals surface area contributed by atoms with Crippen LogP contribution < -0.4 is 40.4 Å². The number of likely N-dealkylation sites (N-methyl/N-ethyl adjacent to an activating group) is 2. The van der Waals surface area contributed by atoms with E-state index in [2.05, 4.69) is 59.5 Å². The Morgan fingerprint density at radius 2 is 1.20 bits per heavy atom. The predicted molar refractivity (Wildman–Crippen MR) is 268 cm³/mol. The molecule has 0 fully saturated rings. The van der Waals surface area contributed by atoms with Crippen LogP contribution in [0, 0.1) is 0 Å². The van der Waals surface area contributed by atoms with E-state index in [-0.39, 0.29) is 25.0 Å². The molecule has 0 aliphatic rings. The van der Waals surface area contributed by atoms with Gasteiger partial charge in [-0.05, 0) is 74.4 Å². The Labute approximate surface area is 415 Å². The molecule has 9 N–H and O–H groups in total. The van der Waals surface area contributed by atoms with Gasteiger partial charge in [0.25, 0.3) is 0 Å². The standard InChI is InChI=1S/C15H21N3O5.C13H10OS.C8H7O3.C3H9N.C3H8.C2H6.CH5N.CHO.CH3.2Sb/c1-16-12(15(22)18-8-13(19)17-2)7-10-3-5-11(6-4-10)23-9-14(20)21;14-10-15-13-8-6-12(7-9-13)11-4-2-1-3-5-11;9-8(10)6-11-7-4-2-1-3-5-7;1-2-3-4;1-3-2;3*1-2;;;/h3-6,12,16H,7-9H2,1-2H3,(H,17,19)(H,18,22)(H,20,21);1-10H;2-5H,6H2,(H,9,10);2-4H2,1H3;3H2,1-2H3;1-2H3;2H2,1H3;1H;1H3;;/t12-;;;;;;;;;;/m0........../s1. The van der Waals surface area contributed by atoms with Crippen LogP contribution >= 0.6 is 11.8 Å². The number of nitrogens with two attached hydrogens (primary N) is 2. The SMILES string of the molecule is CC.CCC.CCCN.CN.CNC(=O)CNC(=O)[C@H](Cc1ccc(OCC(=O)O)cc1)NC.O=CSc1ccc(-c2ccccc2)cc1.O=[CH][Sb][c]1ccc(OCC(=O)O)cc1.[CH3][Sb]. The molecule has 359 valence electrons. The van der Waals surface area contributed by atoms with Gasteiger partial charge in [0.15, 0.2) is 12.2 Å². The first-order chi connectivity index (χ1) is 31.4. The van der Waals surface area contributed by atoms with E-state index in [1.165, 1.54) is 43.4 Å². The van der Waals surface area contributed by atoms with Gasteiger partial charge < -0.3 is 37.3 Å². The summed E-state index contributed by atoms with van der Waals surface area (Å²) in [5.41, 5.74) is 13.6. The van der Waals surface area contributed by atoms with E-state index in [1.807, 2.05) is 56.3 Å². The zero-order valence-electron chi connectivity index (χ0n) is 39.1. The fourth-order valence-corrected chi connectivity index (χ4v) is 5.72. The van der Waals surface area contributed by atoms with Crippen molar-refractivity contribution in [3.05, 3.63) is 109 Å². The summed E-state index contributed by atoms with van der Waals surface area (Å²) in [6.45, 7) is 10.3. The molecule has 0 spiro atoms. The molecule has 0 aromatic heterocycles. The molecular formula is C47H70N5O10SSb2. The molecule has 0 aliphatic carbocycles. The normalized spacial score (nSPS) is 9.35. The van der Waals surface area contributed by atoms with Gasteiger partial charge in [-0.3, -0.25) is 14.4 Å². The molecule has 3 radical (unpaired) electrons. The summed E-state index contributed by atoms with van der Waals surface area (Å²) in [4.78, 5) is 67.3. The molecule has 1 atom stereocenters. The van der Waals surface area contributed by atoms with E-state index in [4.69, 9.17) is 25.4 Å². The average molecular weight is 1140 g/mol. The van der Waals surface area contributed by atoms with Gasteiger partial charge in [-0.25, -0.2) is 4.79 Å². The van der Waals surface area contributed by atoms with Crippen molar-refractivity contribution in [3.63, 3.8) is 0 Å². The molecule has 15 nitrogen and oxygen atoms in total. The van der Waals surface area contributed by atoms with E-state index in [0.29, 0.717) is 17.9 Å². The Kier molecular flexibility index (Phi) is 50.6. The summed E-state index contributed by atoms with van der Waals surface area (Å²) in [5, 5.41) is 24.8. The van der Waals surface area contributed by atoms with Crippen LogP contribution in [0.2, 0.25) is 4.87 Å². The minimum absolute atomic E-state index is 0.0739. The summed E-state index contributed by atoms with van der Waals surface area (Å²) >= 11 is 2.06. The summed E-state index contributed by atoms with van der Waals surface area (Å²) in [6, 6.07) is 31.4. The van der Waals surface area contributed by atoms with Crippen LogP contribution in [0.4, 0.5) is 0 Å². The van der Waals surface area contributed by atoms with E-state index >= 15 is 0 Å². The number of nitrogens with one attached hydrogen (secondary N) is 3. The molecule has 2 amide bonds. The van der Waals surface area contributed by atoms with Gasteiger partial charge in [0.1, 0.15) is 5.75 Å². The third-order valence-corrected chi connectivity index (χ3v) is 9.57. The Hall–Kier alpha value is -4.43. The Bertz CT molecular complexity index is 1780. The summed E-state index contributed by atoms with van der Waals surface area (Å²) in [6.07, 6.45) is 2.77. The van der Waals surface area contributed by atoms with Crippen LogP contribution in [0.1, 0.15) is 53.0 Å². The third-order valence-electron chi connectivity index (χ3n) is 6.93. The molecule has 4 aromatic rings. The van der Waals surface area contributed by atoms with Crippen molar-refractivity contribution in [3.8, 4) is 22.6 Å². The van der Waals surface area contributed by atoms with Gasteiger partial charge in [0.2, 0.25) is 11.8 Å². The number of aliphatic carboxylic acids is 2. The maximum atomic E-state index is 12.0. The molecule has 4 aromatic carbocycles. The average Bonchev–Trinajstić information content (AvgIpc) is 3.35. The fourth-order valence-electron chi connectivity index (χ4n) is 4.05. The zero-order valence-corrected chi connectivity index (χ0v) is 45.0. The monoisotopic (exact) mass is 1140 g/mol. The predicted octanol–water partition coefficient (Wildman–Crippen LogP) is 5.02. The third kappa shape index (κ3) is 38.5. The first kappa shape index (κ1) is 67.2. The van der Waals surface area contributed by atoms with Gasteiger partial charge in [-0.1, -0.05) is 107 Å². The number of hydrogen-bond acceptors (Lipinski definition) is 12. The second kappa shape index (κ2) is 49.0. The topological polar surface area (TPSA) is 249 Å². The van der Waals surface area contributed by atoms with Gasteiger partial charge in [0.05, 0.1) is 12.6 Å². The number of amides is 2. The van der Waals surface area contributed by atoms with Crippen molar-refractivity contribution in [2.24, 2.45) is 11.5 Å². The quantitative estimate of drug-likeness (QED) is 0.0393. The molecule has 4 rings (SSSR count). The van der Waals surface area contributed by atoms with Crippen molar-refractivity contribution in [1.82, 2.24) is 16.0 Å². The number of carbonyl (C=O) groups is 6. The molecule has 0 aliphatic heterocycles. The molecule has 0 heterocycles. The number of carboxylic acid groups (broad SMARTS) is 2. The molecule has 0 unspecified atom stereocenters. The number of carbonyl (C=O) groups excluding carboxylic acids is 4. The van der Waals surface area contributed by atoms with Crippen molar-refractivity contribution >= 4 is 93.5 Å². The van der Waals surface area contributed by atoms with E-state index in [1.54, 1.807) is 78.6 Å². The van der Waals surface area contributed by atoms with Crippen LogP contribution in [-0.2, 0) is 35.2 Å². The van der Waals surface area contributed by atoms with Crippen LogP contribution in [0.25, 0.3) is 11.1 Å². The first-order valence-corrected chi connectivity index (χ1v) is 26.8. The molecule has 0 saturated heterocycles. The van der Waals surface area contributed by atoms with Crippen LogP contribution in [0.15, 0.2) is 108 Å². The summed E-state index contributed by atoms with van der Waals surface area (Å²) < 4.78 is 12.0. The second-order valence-electron chi connectivity index (χ2n) is 11.8. The van der Waals surface area contributed by atoms with E-state index in [0.717, 1.165) is 36.8 Å². The number of benzene rings is 4. The number of thioether (sulfide) groups is 1. The Morgan fingerprint density at radius 3 is 1.58 bits per heavy atom. The summed E-state index contributed by atoms with van der Waals surface area (Å²) in [7, 11) is 4.66. The van der Waals surface area contributed by atoms with Crippen molar-refractivity contribution in [2.75, 3.05) is 47.4 Å². The Morgan fingerprint density at radius 1 is 0.754 bits per heavy atom. The van der Waals surface area contributed by atoms with Crippen LogP contribution in [0.3, 0.4) is 0 Å².